The number of para-hydroxylation sites is 1. The molecule has 0 saturated carbocycles. The minimum absolute atomic E-state index is 0.0971. The molecule has 0 saturated heterocycles. The molecule has 0 atom stereocenters. The summed E-state index contributed by atoms with van der Waals surface area (Å²) < 4.78 is 5.85. The number of anilines is 1. The number of amides is 1. The molecule has 1 amide bonds. The van der Waals surface area contributed by atoms with E-state index in [2.05, 4.69) is 11.4 Å². The van der Waals surface area contributed by atoms with E-state index in [1.54, 1.807) is 12.1 Å². The van der Waals surface area contributed by atoms with Crippen molar-refractivity contribution in [3.8, 4) is 11.8 Å². The molecule has 1 N–H and O–H groups in total. The third-order valence-corrected chi connectivity index (χ3v) is 4.37. The van der Waals surface area contributed by atoms with Gasteiger partial charge < -0.3 is 10.1 Å². The van der Waals surface area contributed by atoms with E-state index < -0.39 is 0 Å². The van der Waals surface area contributed by atoms with Gasteiger partial charge in [0.1, 0.15) is 12.4 Å². The molecule has 3 aromatic carbocycles. The predicted octanol–water partition coefficient (Wildman–Crippen LogP) is 4.63. The summed E-state index contributed by atoms with van der Waals surface area (Å²) in [7, 11) is 0. The Morgan fingerprint density at radius 3 is 2.63 bits per heavy atom. The third kappa shape index (κ3) is 3.58. The van der Waals surface area contributed by atoms with Crippen LogP contribution < -0.4 is 10.1 Å². The number of rotatable bonds is 4. The first-order chi connectivity index (χ1) is 13.2. The van der Waals surface area contributed by atoms with E-state index >= 15 is 0 Å². The largest absolute Gasteiger partial charge is 0.489 e. The van der Waals surface area contributed by atoms with Crippen LogP contribution in [0.2, 0.25) is 0 Å². The average molecular weight is 352 g/mol. The van der Waals surface area contributed by atoms with Gasteiger partial charge in [0, 0.05) is 16.8 Å². The average Bonchev–Trinajstić information content (AvgIpc) is 3.02. The topological polar surface area (TPSA) is 62.1 Å². The summed E-state index contributed by atoms with van der Waals surface area (Å²) in [6, 6.07) is 24.7. The van der Waals surface area contributed by atoms with Gasteiger partial charge in [0.2, 0.25) is 0 Å². The SMILES string of the molecule is N#Cc1ccc(COc2cccc(/C=C3/C(=O)Nc4ccccc43)c2)cc1. The molecule has 0 aliphatic carbocycles. The fourth-order valence-corrected chi connectivity index (χ4v) is 2.99. The normalized spacial score (nSPS) is 13.7. The van der Waals surface area contributed by atoms with Crippen LogP contribution in [0.3, 0.4) is 0 Å². The Labute approximate surface area is 157 Å². The molecule has 0 unspecified atom stereocenters. The Kier molecular flexibility index (Phi) is 4.42. The highest BCUT2D eigenvalue weighted by Gasteiger charge is 2.23. The third-order valence-electron chi connectivity index (χ3n) is 4.37. The van der Waals surface area contributed by atoms with Crippen LogP contribution in [0.5, 0.6) is 5.75 Å². The van der Waals surface area contributed by atoms with E-state index in [9.17, 15) is 4.79 Å². The zero-order valence-electron chi connectivity index (χ0n) is 14.5. The molecule has 4 rings (SSSR count). The standard InChI is InChI=1S/C23H16N2O2/c24-14-16-8-10-17(11-9-16)15-27-19-5-3-4-18(12-19)13-21-20-6-1-2-7-22(20)25-23(21)26/h1-13H,15H2,(H,25,26)/b21-13+. The van der Waals surface area contributed by atoms with Gasteiger partial charge in [-0.05, 0) is 47.5 Å². The monoisotopic (exact) mass is 352 g/mol. The second-order valence-corrected chi connectivity index (χ2v) is 6.23. The summed E-state index contributed by atoms with van der Waals surface area (Å²) in [6.07, 6.45) is 1.87. The fourth-order valence-electron chi connectivity index (χ4n) is 2.99. The zero-order chi connectivity index (χ0) is 18.6. The first-order valence-corrected chi connectivity index (χ1v) is 8.57. The minimum atomic E-state index is -0.0971. The van der Waals surface area contributed by atoms with Crippen molar-refractivity contribution >= 4 is 23.2 Å². The number of nitrogens with one attached hydrogen (secondary N) is 1. The summed E-state index contributed by atoms with van der Waals surface area (Å²) in [5.74, 6) is 0.625. The van der Waals surface area contributed by atoms with Gasteiger partial charge in [-0.15, -0.1) is 0 Å². The molecule has 1 aliphatic rings. The molecular formula is C23H16N2O2. The van der Waals surface area contributed by atoms with E-state index in [1.807, 2.05) is 66.7 Å². The van der Waals surface area contributed by atoms with Crippen molar-refractivity contribution in [3.05, 3.63) is 95.1 Å². The van der Waals surface area contributed by atoms with Crippen LogP contribution in [0, 0.1) is 11.3 Å². The lowest BCUT2D eigenvalue weighted by molar-refractivity contribution is -0.110. The lowest BCUT2D eigenvalue weighted by Gasteiger charge is -2.07. The summed E-state index contributed by atoms with van der Waals surface area (Å²) in [5.41, 5.74) is 4.90. The number of hydrogen-bond acceptors (Lipinski definition) is 3. The maximum absolute atomic E-state index is 12.2. The molecule has 0 fully saturated rings. The van der Waals surface area contributed by atoms with Crippen LogP contribution in [0.25, 0.3) is 11.6 Å². The minimum Gasteiger partial charge on any atom is -0.489 e. The van der Waals surface area contributed by atoms with Gasteiger partial charge in [0.05, 0.1) is 11.6 Å². The predicted molar refractivity (Wildman–Crippen MR) is 105 cm³/mol. The smallest absolute Gasteiger partial charge is 0.256 e. The lowest BCUT2D eigenvalue weighted by Crippen LogP contribution is -2.03. The van der Waals surface area contributed by atoms with E-state index in [0.29, 0.717) is 17.7 Å². The molecule has 0 radical (unpaired) electrons. The number of benzene rings is 3. The molecular weight excluding hydrogens is 336 g/mol. The van der Waals surface area contributed by atoms with Gasteiger partial charge in [-0.3, -0.25) is 4.79 Å². The number of carbonyl (C=O) groups is 1. The van der Waals surface area contributed by atoms with Gasteiger partial charge in [-0.2, -0.15) is 5.26 Å². The summed E-state index contributed by atoms with van der Waals surface area (Å²) in [5, 5.41) is 11.7. The quantitative estimate of drug-likeness (QED) is 0.696. The first-order valence-electron chi connectivity index (χ1n) is 8.57. The Balaban J connectivity index is 1.53. The van der Waals surface area contributed by atoms with Gasteiger partial charge in [-0.1, -0.05) is 42.5 Å². The second-order valence-electron chi connectivity index (χ2n) is 6.23. The Bertz CT molecular complexity index is 1080. The van der Waals surface area contributed by atoms with Crippen molar-refractivity contribution in [3.63, 3.8) is 0 Å². The molecule has 3 aromatic rings. The number of fused-ring (bicyclic) bond motifs is 1. The highest BCUT2D eigenvalue weighted by Crippen LogP contribution is 2.33. The number of nitriles is 1. The number of hydrogen-bond donors (Lipinski definition) is 1. The first kappa shape index (κ1) is 16.6. The van der Waals surface area contributed by atoms with E-state index in [4.69, 9.17) is 10.00 Å². The Morgan fingerprint density at radius 2 is 1.81 bits per heavy atom. The van der Waals surface area contributed by atoms with Gasteiger partial charge in [0.25, 0.3) is 5.91 Å². The van der Waals surface area contributed by atoms with Crippen molar-refractivity contribution < 1.29 is 9.53 Å². The van der Waals surface area contributed by atoms with Crippen LogP contribution in [-0.4, -0.2) is 5.91 Å². The number of nitrogens with zero attached hydrogens (tertiary/aromatic N) is 1. The van der Waals surface area contributed by atoms with Crippen LogP contribution in [0.1, 0.15) is 22.3 Å². The second kappa shape index (κ2) is 7.19. The van der Waals surface area contributed by atoms with Crippen LogP contribution in [-0.2, 0) is 11.4 Å². The van der Waals surface area contributed by atoms with Gasteiger partial charge in [-0.25, -0.2) is 0 Å². The van der Waals surface area contributed by atoms with Crippen molar-refractivity contribution in [2.45, 2.75) is 6.61 Å². The van der Waals surface area contributed by atoms with Crippen LogP contribution in [0.4, 0.5) is 5.69 Å². The molecule has 0 aromatic heterocycles. The number of carbonyl (C=O) groups excluding carboxylic acids is 1. The van der Waals surface area contributed by atoms with Gasteiger partial charge in [0.15, 0.2) is 0 Å². The molecule has 130 valence electrons. The molecule has 0 spiro atoms. The molecule has 1 aliphatic heterocycles. The Hall–Kier alpha value is -3.84. The van der Waals surface area contributed by atoms with Crippen LogP contribution >= 0.6 is 0 Å². The fraction of sp³-hybridized carbons (Fsp3) is 0.0435. The Morgan fingerprint density at radius 1 is 1.00 bits per heavy atom. The zero-order valence-corrected chi connectivity index (χ0v) is 14.5. The molecule has 1 heterocycles. The molecule has 0 bridgehead atoms. The molecule has 27 heavy (non-hydrogen) atoms. The molecule has 4 nitrogen and oxygen atoms in total. The summed E-state index contributed by atoms with van der Waals surface area (Å²) >= 11 is 0. The molecule has 4 heteroatoms. The van der Waals surface area contributed by atoms with E-state index in [1.165, 1.54) is 0 Å². The van der Waals surface area contributed by atoms with Crippen molar-refractivity contribution in [1.29, 1.82) is 5.26 Å². The number of ether oxygens (including phenoxy) is 1. The van der Waals surface area contributed by atoms with E-state index in [-0.39, 0.29) is 5.91 Å². The maximum atomic E-state index is 12.2. The maximum Gasteiger partial charge on any atom is 0.256 e. The lowest BCUT2D eigenvalue weighted by atomic mass is 10.0. The van der Waals surface area contributed by atoms with Crippen molar-refractivity contribution in [2.24, 2.45) is 0 Å². The van der Waals surface area contributed by atoms with E-state index in [0.717, 1.165) is 28.1 Å². The highest BCUT2D eigenvalue weighted by molar-refractivity contribution is 6.34. The highest BCUT2D eigenvalue weighted by atomic mass is 16.5. The summed E-state index contributed by atoms with van der Waals surface area (Å²) in [6.45, 7) is 0.412. The van der Waals surface area contributed by atoms with Gasteiger partial charge >= 0.3 is 0 Å². The summed E-state index contributed by atoms with van der Waals surface area (Å²) in [4.78, 5) is 12.2. The van der Waals surface area contributed by atoms with Crippen molar-refractivity contribution in [2.75, 3.05) is 5.32 Å². The van der Waals surface area contributed by atoms with Crippen molar-refractivity contribution in [1.82, 2.24) is 0 Å². The van der Waals surface area contributed by atoms with Crippen LogP contribution in [0.15, 0.2) is 72.8 Å².